The van der Waals surface area contributed by atoms with Crippen LogP contribution in [0.5, 0.6) is 0 Å². The first-order valence-corrected chi connectivity index (χ1v) is 20.5. The highest BCUT2D eigenvalue weighted by Crippen LogP contribution is 2.52. The van der Waals surface area contributed by atoms with Crippen molar-refractivity contribution in [1.29, 1.82) is 0 Å². The lowest BCUT2D eigenvalue weighted by Crippen LogP contribution is -2.30. The number of hydrogen-bond acceptors (Lipinski definition) is 4. The molecule has 5 nitrogen and oxygen atoms in total. The number of aromatic nitrogens is 3. The summed E-state index contributed by atoms with van der Waals surface area (Å²) in [6.45, 7) is 4.70. The molecule has 12 rings (SSSR count). The van der Waals surface area contributed by atoms with E-state index in [9.17, 15) is 0 Å². The first-order valence-electron chi connectivity index (χ1n) is 20.5. The fourth-order valence-corrected chi connectivity index (χ4v) is 9.48. The van der Waals surface area contributed by atoms with E-state index in [4.69, 9.17) is 14.4 Å². The predicted octanol–water partition coefficient (Wildman–Crippen LogP) is 14.6. The van der Waals surface area contributed by atoms with Crippen molar-refractivity contribution in [1.82, 2.24) is 14.5 Å². The number of rotatable bonds is 5. The Morgan fingerprint density at radius 1 is 0.483 bits per heavy atom. The molecule has 1 aliphatic heterocycles. The number of nitrogens with zero attached hydrogens (tertiary/aromatic N) is 4. The molecule has 0 saturated heterocycles. The topological polar surface area (TPSA) is 47.1 Å². The molecule has 1 aliphatic rings. The van der Waals surface area contributed by atoms with Crippen molar-refractivity contribution in [3.8, 4) is 39.7 Å². The van der Waals surface area contributed by atoms with Crippen LogP contribution in [-0.2, 0) is 5.41 Å². The lowest BCUT2D eigenvalue weighted by Gasteiger charge is -2.42. The zero-order valence-electron chi connectivity index (χ0n) is 33.2. The Balaban J connectivity index is 1.08. The lowest BCUT2D eigenvalue weighted by molar-refractivity contribution is 0.630. The Morgan fingerprint density at radius 2 is 1.13 bits per heavy atom. The van der Waals surface area contributed by atoms with Crippen LogP contribution in [0, 0.1) is 0 Å². The number of anilines is 3. The molecule has 5 heteroatoms. The molecule has 0 radical (unpaired) electrons. The molecule has 0 spiro atoms. The second kappa shape index (κ2) is 13.1. The van der Waals surface area contributed by atoms with E-state index in [0.29, 0.717) is 11.5 Å². The highest BCUT2D eigenvalue weighted by Gasteiger charge is 2.37. The predicted molar refractivity (Wildman–Crippen MR) is 247 cm³/mol. The van der Waals surface area contributed by atoms with Crippen LogP contribution in [0.15, 0.2) is 199 Å². The molecule has 0 N–H and O–H groups in total. The van der Waals surface area contributed by atoms with Crippen molar-refractivity contribution in [2.75, 3.05) is 4.90 Å². The Bertz CT molecular complexity index is 3460. The number of benzene rings is 8. The monoisotopic (exact) mass is 770 g/mol. The van der Waals surface area contributed by atoms with E-state index in [1.54, 1.807) is 0 Å². The molecule has 8 aromatic carbocycles. The minimum Gasteiger partial charge on any atom is -0.452 e. The second-order valence-corrected chi connectivity index (χ2v) is 16.2. The van der Waals surface area contributed by atoms with E-state index in [1.807, 2.05) is 42.5 Å². The first-order chi connectivity index (χ1) is 29.5. The third-order valence-corrected chi connectivity index (χ3v) is 12.4. The molecule has 0 bridgehead atoms. The zero-order chi connectivity index (χ0) is 40.0. The number of furan rings is 1. The van der Waals surface area contributed by atoms with Gasteiger partial charge in [0.15, 0.2) is 5.58 Å². The fraction of sp³-hybridized carbons (Fsp3) is 0.0545. The van der Waals surface area contributed by atoms with Gasteiger partial charge in [0.25, 0.3) is 0 Å². The highest BCUT2D eigenvalue weighted by atomic mass is 16.3. The molecule has 0 amide bonds. The van der Waals surface area contributed by atoms with Crippen LogP contribution in [-0.4, -0.2) is 14.5 Å². The maximum Gasteiger partial charge on any atom is 0.236 e. The highest BCUT2D eigenvalue weighted by molar-refractivity contribution is 6.22. The number of para-hydroxylation sites is 2. The van der Waals surface area contributed by atoms with Crippen molar-refractivity contribution in [3.05, 3.63) is 205 Å². The molecule has 60 heavy (non-hydrogen) atoms. The summed E-state index contributed by atoms with van der Waals surface area (Å²) in [4.78, 5) is 13.0. The van der Waals surface area contributed by atoms with Gasteiger partial charge in [-0.3, -0.25) is 4.57 Å². The molecule has 0 saturated carbocycles. The van der Waals surface area contributed by atoms with Crippen molar-refractivity contribution in [3.63, 3.8) is 0 Å². The number of fused-ring (bicyclic) bond motifs is 8. The summed E-state index contributed by atoms with van der Waals surface area (Å²) in [5, 5.41) is 4.70. The SMILES string of the molecule is CC1(C)c2ccccc2N(c2ccccc2)c2ccc(-c3ccc4c(c3)c3c5ccccc5ccc3n4-c3nc(-c4ccccc4)c4oc(-c5ccccc5)cc4n3)cc21. The van der Waals surface area contributed by atoms with Crippen molar-refractivity contribution in [2.24, 2.45) is 0 Å². The molecular formula is C55H38N4O. The molecule has 0 fully saturated rings. The third-order valence-electron chi connectivity index (χ3n) is 12.4. The first kappa shape index (κ1) is 34.3. The van der Waals surface area contributed by atoms with Gasteiger partial charge in [0.2, 0.25) is 5.95 Å². The molecular weight excluding hydrogens is 733 g/mol. The van der Waals surface area contributed by atoms with E-state index in [-0.39, 0.29) is 5.41 Å². The summed E-state index contributed by atoms with van der Waals surface area (Å²) >= 11 is 0. The largest absolute Gasteiger partial charge is 0.452 e. The molecule has 0 aliphatic carbocycles. The van der Waals surface area contributed by atoms with Crippen molar-refractivity contribution >= 4 is 60.7 Å². The Kier molecular flexibility index (Phi) is 7.51. The van der Waals surface area contributed by atoms with Crippen LogP contribution < -0.4 is 4.90 Å². The summed E-state index contributed by atoms with van der Waals surface area (Å²) in [5.74, 6) is 1.36. The van der Waals surface area contributed by atoms with Crippen LogP contribution >= 0.6 is 0 Å². The second-order valence-electron chi connectivity index (χ2n) is 16.2. The summed E-state index contributed by atoms with van der Waals surface area (Å²) in [6, 6.07) is 69.0. The van der Waals surface area contributed by atoms with E-state index in [2.05, 4.69) is 175 Å². The van der Waals surface area contributed by atoms with Gasteiger partial charge >= 0.3 is 0 Å². The van der Waals surface area contributed by atoms with E-state index in [1.165, 1.54) is 44.2 Å². The average Bonchev–Trinajstić information content (AvgIpc) is 3.89. The Hall–Kier alpha value is -7.76. The van der Waals surface area contributed by atoms with Gasteiger partial charge in [-0.05, 0) is 81.6 Å². The molecule has 284 valence electrons. The summed E-state index contributed by atoms with van der Waals surface area (Å²) in [5.41, 5.74) is 14.5. The van der Waals surface area contributed by atoms with Gasteiger partial charge in [-0.15, -0.1) is 0 Å². The zero-order valence-corrected chi connectivity index (χ0v) is 33.2. The smallest absolute Gasteiger partial charge is 0.236 e. The van der Waals surface area contributed by atoms with Crippen LogP contribution in [0.1, 0.15) is 25.0 Å². The van der Waals surface area contributed by atoms with Crippen LogP contribution in [0.3, 0.4) is 0 Å². The van der Waals surface area contributed by atoms with Gasteiger partial charge in [-0.1, -0.05) is 153 Å². The Labute approximate surface area is 347 Å². The van der Waals surface area contributed by atoms with Crippen molar-refractivity contribution in [2.45, 2.75) is 19.3 Å². The summed E-state index contributed by atoms with van der Waals surface area (Å²) in [7, 11) is 0. The van der Waals surface area contributed by atoms with Crippen molar-refractivity contribution < 1.29 is 4.42 Å². The standard InChI is InChI=1S/C55H38N4O/c1-55(2)43-24-14-15-25-47(43)58(40-21-10-5-11-22-40)48-30-28-39(33-44(48)55)38-27-29-46-42(32-38)51-41-23-13-12-16-35(41)26-31-49(51)59(46)54-56-45-34-50(36-17-6-3-7-18-36)60-53(45)52(57-54)37-19-8-4-9-20-37/h3-34H,1-2H3. The van der Waals surface area contributed by atoms with Crippen LogP contribution in [0.25, 0.3) is 83.3 Å². The summed E-state index contributed by atoms with van der Waals surface area (Å²) < 4.78 is 8.81. The molecule has 0 atom stereocenters. The lowest BCUT2D eigenvalue weighted by atomic mass is 9.73. The van der Waals surface area contributed by atoms with Gasteiger partial charge in [0, 0.05) is 39.1 Å². The Morgan fingerprint density at radius 3 is 1.95 bits per heavy atom. The minimum absolute atomic E-state index is 0.219. The molecule has 11 aromatic rings. The van der Waals surface area contributed by atoms with E-state index >= 15 is 0 Å². The maximum absolute atomic E-state index is 6.58. The summed E-state index contributed by atoms with van der Waals surface area (Å²) in [6.07, 6.45) is 0. The number of hydrogen-bond donors (Lipinski definition) is 0. The van der Waals surface area contributed by atoms with Gasteiger partial charge in [-0.25, -0.2) is 9.97 Å². The molecule has 4 heterocycles. The average molecular weight is 771 g/mol. The van der Waals surface area contributed by atoms with Gasteiger partial charge < -0.3 is 9.32 Å². The molecule has 0 unspecified atom stereocenters. The van der Waals surface area contributed by atoms with Crippen LogP contribution in [0.4, 0.5) is 17.1 Å². The third kappa shape index (κ3) is 5.19. The van der Waals surface area contributed by atoms with E-state index in [0.717, 1.165) is 55.8 Å². The molecule has 3 aromatic heterocycles. The normalized spacial score (nSPS) is 13.3. The van der Waals surface area contributed by atoms with E-state index < -0.39 is 0 Å². The van der Waals surface area contributed by atoms with Gasteiger partial charge in [-0.2, -0.15) is 0 Å². The minimum atomic E-state index is -0.219. The fourth-order valence-electron chi connectivity index (χ4n) is 9.48. The van der Waals surface area contributed by atoms with Gasteiger partial charge in [0.05, 0.1) is 22.4 Å². The van der Waals surface area contributed by atoms with Crippen LogP contribution in [0.2, 0.25) is 0 Å². The van der Waals surface area contributed by atoms with Gasteiger partial charge in [0.1, 0.15) is 17.0 Å². The quantitative estimate of drug-likeness (QED) is 0.175. The maximum atomic E-state index is 6.58.